The van der Waals surface area contributed by atoms with Crippen LogP contribution in [0.15, 0.2) is 316 Å². The fraction of sp³-hybridized carbons (Fsp3) is 0.0132. The first-order chi connectivity index (χ1) is 40.6. The highest BCUT2D eigenvalue weighted by Gasteiger charge is 2.48. The van der Waals surface area contributed by atoms with E-state index in [0.29, 0.717) is 0 Å². The van der Waals surface area contributed by atoms with E-state index < -0.39 is 16.9 Å². The molecule has 0 N–H and O–H groups in total. The average molecular weight is 1080 g/mol. The second kappa shape index (κ2) is 20.5. The Morgan fingerprint density at radius 2 is 0.927 bits per heavy atom. The molecule has 0 atom stereocenters. The van der Waals surface area contributed by atoms with Crippen LogP contribution in [0.2, 0.25) is 0 Å². The minimum atomic E-state index is -2.79. The van der Waals surface area contributed by atoms with Crippen LogP contribution >= 0.6 is 0 Å². The molecule has 0 saturated carbocycles. The molecule has 0 radical (unpaired) electrons. The van der Waals surface area contributed by atoms with Gasteiger partial charge in [-0.25, -0.2) is 0 Å². The van der Waals surface area contributed by atoms with Gasteiger partial charge in [0.05, 0.1) is 16.6 Å². The van der Waals surface area contributed by atoms with E-state index in [1.807, 2.05) is 6.20 Å². The second-order valence-electron chi connectivity index (χ2n) is 21.5. The van der Waals surface area contributed by atoms with Crippen molar-refractivity contribution < 1.29 is 0 Å². The molecule has 15 rings (SSSR count). The van der Waals surface area contributed by atoms with Crippen molar-refractivity contribution in [1.29, 1.82) is 0 Å². The number of para-hydroxylation sites is 5. The van der Waals surface area contributed by atoms with Crippen molar-refractivity contribution in [3.8, 4) is 16.8 Å². The molecule has 14 aromatic rings. The number of anilines is 6. The SMILES string of the molecule is Cc1ccccc1N(c1ccc2ncc(-c3ccc4c(c3)c3cc(N5c6ccccc6[Si](c6ccccc6)(c6ccccc6)c6ccccc65)ccc3n4-c3ccccc3)cc2c1)c1ccccc1[SiH](c1ccccc1)c1ccccc1. The molecule has 0 saturated heterocycles. The maximum Gasteiger partial charge on any atom is 0.184 e. The number of hydrogen-bond acceptors (Lipinski definition) is 3. The molecule has 0 aliphatic carbocycles. The van der Waals surface area contributed by atoms with Crippen molar-refractivity contribution in [1.82, 2.24) is 9.55 Å². The monoisotopic (exact) mass is 1080 g/mol. The van der Waals surface area contributed by atoms with Crippen LogP contribution in [-0.4, -0.2) is 26.4 Å². The summed E-state index contributed by atoms with van der Waals surface area (Å²) in [6, 6.07) is 115. The third-order valence-electron chi connectivity index (χ3n) is 16.9. The highest BCUT2D eigenvalue weighted by molar-refractivity contribution is 7.21. The van der Waals surface area contributed by atoms with Gasteiger partial charge in [-0.1, -0.05) is 229 Å². The van der Waals surface area contributed by atoms with Crippen LogP contribution in [0.1, 0.15) is 5.56 Å². The zero-order valence-electron chi connectivity index (χ0n) is 45.4. The van der Waals surface area contributed by atoms with Crippen LogP contribution in [0.3, 0.4) is 0 Å². The lowest BCUT2D eigenvalue weighted by Crippen LogP contribution is -2.77. The molecule has 1 aliphatic rings. The minimum Gasteiger partial charge on any atom is -0.311 e. The van der Waals surface area contributed by atoms with Crippen molar-refractivity contribution in [2.75, 3.05) is 9.80 Å². The number of rotatable bonds is 11. The lowest BCUT2D eigenvalue weighted by Gasteiger charge is -2.45. The Balaban J connectivity index is 0.888. The van der Waals surface area contributed by atoms with Crippen LogP contribution in [0, 0.1) is 6.92 Å². The van der Waals surface area contributed by atoms with E-state index in [0.717, 1.165) is 55.8 Å². The summed E-state index contributed by atoms with van der Waals surface area (Å²) < 4.78 is 2.42. The molecule has 0 amide bonds. The third-order valence-corrected chi connectivity index (χ3v) is 25.0. The molecule has 3 heterocycles. The first kappa shape index (κ1) is 49.0. The van der Waals surface area contributed by atoms with Gasteiger partial charge in [0, 0.05) is 67.7 Å². The Hall–Kier alpha value is -10.1. The Morgan fingerprint density at radius 1 is 0.402 bits per heavy atom. The quantitative estimate of drug-likeness (QED) is 0.0953. The number of aromatic nitrogens is 2. The molecular weight excluding hydrogens is 1030 g/mol. The zero-order valence-corrected chi connectivity index (χ0v) is 47.5. The van der Waals surface area contributed by atoms with Gasteiger partial charge in [-0.15, -0.1) is 0 Å². The first-order valence-corrected chi connectivity index (χ1v) is 32.0. The molecule has 12 aromatic carbocycles. The normalized spacial score (nSPS) is 12.6. The van der Waals surface area contributed by atoms with Crippen molar-refractivity contribution in [2.45, 2.75) is 6.92 Å². The average Bonchev–Trinajstić information content (AvgIpc) is 1.28. The molecule has 0 spiro atoms. The van der Waals surface area contributed by atoms with Crippen LogP contribution < -0.4 is 46.1 Å². The third kappa shape index (κ3) is 8.14. The van der Waals surface area contributed by atoms with Crippen molar-refractivity contribution in [3.05, 3.63) is 321 Å². The summed E-state index contributed by atoms with van der Waals surface area (Å²) in [7, 11) is -4.74. The Bertz CT molecular complexity index is 4530. The van der Waals surface area contributed by atoms with Gasteiger partial charge in [0.2, 0.25) is 0 Å². The van der Waals surface area contributed by atoms with Gasteiger partial charge in [-0.2, -0.15) is 0 Å². The summed E-state index contributed by atoms with van der Waals surface area (Å²) >= 11 is 0. The molecule has 82 heavy (non-hydrogen) atoms. The van der Waals surface area contributed by atoms with Gasteiger partial charge in [0.25, 0.3) is 0 Å². The standard InChI is InChI=1S/C76H56N4Si2/c1-54-25-17-18-36-68(54)79(71-37-19-22-40-74(71)81(61-28-9-3-10-29-61)62-30-11-4-12-31-62)59-44-46-67-56(50-59)49-57(53-77-67)55-43-47-69-65(51-55)66-52-60(45-48-70(66)78(69)58-26-7-2-8-27-58)80-72-38-20-23-41-75(72)82(63-32-13-5-14-33-63,64-34-15-6-16-35-64)76-42-24-21-39-73(76)80/h2-53,81H,1H3. The molecule has 0 bridgehead atoms. The zero-order chi connectivity index (χ0) is 54.6. The topological polar surface area (TPSA) is 24.3 Å². The minimum absolute atomic E-state index is 0.950. The number of fused-ring (bicyclic) bond motifs is 6. The van der Waals surface area contributed by atoms with Crippen LogP contribution in [0.5, 0.6) is 0 Å². The summed E-state index contributed by atoms with van der Waals surface area (Å²) in [6.45, 7) is 2.22. The van der Waals surface area contributed by atoms with Gasteiger partial charge >= 0.3 is 0 Å². The molecule has 0 fully saturated rings. The Labute approximate surface area is 481 Å². The number of aryl methyl sites for hydroxylation is 1. The molecule has 2 aromatic heterocycles. The predicted molar refractivity (Wildman–Crippen MR) is 352 cm³/mol. The number of pyridine rings is 1. The van der Waals surface area contributed by atoms with E-state index in [-0.39, 0.29) is 0 Å². The maximum atomic E-state index is 5.19. The summed E-state index contributed by atoms with van der Waals surface area (Å²) in [5.74, 6) is 0. The smallest absolute Gasteiger partial charge is 0.184 e. The lowest BCUT2D eigenvalue weighted by atomic mass is 10.0. The van der Waals surface area contributed by atoms with Crippen molar-refractivity contribution >= 4 is 120 Å². The van der Waals surface area contributed by atoms with Gasteiger partial charge in [-0.05, 0) is 135 Å². The summed E-state index contributed by atoms with van der Waals surface area (Å²) in [4.78, 5) is 10.2. The fourth-order valence-corrected chi connectivity index (χ4v) is 21.5. The molecule has 6 heteroatoms. The van der Waals surface area contributed by atoms with E-state index in [1.165, 1.54) is 69.7 Å². The van der Waals surface area contributed by atoms with Gasteiger partial charge in [-0.3, -0.25) is 4.98 Å². The highest BCUT2D eigenvalue weighted by atomic mass is 28.3. The predicted octanol–water partition coefficient (Wildman–Crippen LogP) is 14.2. The number of hydrogen-bond donors (Lipinski definition) is 0. The van der Waals surface area contributed by atoms with E-state index in [1.54, 1.807) is 0 Å². The van der Waals surface area contributed by atoms with E-state index >= 15 is 0 Å². The molecule has 4 nitrogen and oxygen atoms in total. The maximum absolute atomic E-state index is 5.19. The van der Waals surface area contributed by atoms with Crippen LogP contribution in [-0.2, 0) is 0 Å². The molecule has 388 valence electrons. The van der Waals surface area contributed by atoms with Gasteiger partial charge in [0.1, 0.15) is 8.80 Å². The van der Waals surface area contributed by atoms with E-state index in [4.69, 9.17) is 4.98 Å². The molecule has 0 unspecified atom stereocenters. The number of benzene rings is 12. The largest absolute Gasteiger partial charge is 0.311 e. The lowest BCUT2D eigenvalue weighted by molar-refractivity contribution is 1.18. The van der Waals surface area contributed by atoms with Crippen molar-refractivity contribution in [3.63, 3.8) is 0 Å². The number of nitrogens with zero attached hydrogens (tertiary/aromatic N) is 4. The second-order valence-corrected chi connectivity index (χ2v) is 28.0. The Kier molecular flexibility index (Phi) is 12.3. The summed E-state index contributed by atoms with van der Waals surface area (Å²) in [5.41, 5.74) is 14.7. The van der Waals surface area contributed by atoms with Gasteiger partial charge < -0.3 is 14.4 Å². The molecule has 1 aliphatic heterocycles. The first-order valence-electron chi connectivity index (χ1n) is 28.3. The summed E-state index contributed by atoms with van der Waals surface area (Å²) in [5, 5.41) is 13.1. The van der Waals surface area contributed by atoms with Crippen molar-refractivity contribution in [2.24, 2.45) is 0 Å². The summed E-state index contributed by atoms with van der Waals surface area (Å²) in [6.07, 6.45) is 2.05. The highest BCUT2D eigenvalue weighted by Crippen LogP contribution is 2.43. The van der Waals surface area contributed by atoms with Crippen LogP contribution in [0.25, 0.3) is 49.5 Å². The van der Waals surface area contributed by atoms with E-state index in [9.17, 15) is 0 Å². The van der Waals surface area contributed by atoms with E-state index in [2.05, 4.69) is 331 Å². The van der Waals surface area contributed by atoms with Gasteiger partial charge in [0.15, 0.2) is 8.07 Å². The molecular formula is C76H56N4Si2. The Morgan fingerprint density at radius 3 is 1.56 bits per heavy atom. The fourth-order valence-electron chi connectivity index (χ4n) is 13.3. The van der Waals surface area contributed by atoms with Crippen LogP contribution in [0.4, 0.5) is 34.1 Å².